The molecule has 0 saturated carbocycles. The van der Waals surface area contributed by atoms with Gasteiger partial charge < -0.3 is 15.0 Å². The number of benzene rings is 2. The van der Waals surface area contributed by atoms with E-state index in [-0.39, 0.29) is 18.4 Å². The zero-order chi connectivity index (χ0) is 20.4. The van der Waals surface area contributed by atoms with E-state index < -0.39 is 6.04 Å². The molecular weight excluding hydrogens is 376 g/mol. The van der Waals surface area contributed by atoms with E-state index in [9.17, 15) is 9.59 Å². The molecule has 0 aliphatic heterocycles. The molecule has 0 aliphatic rings. The number of carbonyl (C=O) groups excluding carboxylic acids is 2. The Morgan fingerprint density at radius 3 is 2.50 bits per heavy atom. The second-order valence-corrected chi connectivity index (χ2v) is 6.82. The highest BCUT2D eigenvalue weighted by atomic mass is 35.5. The van der Waals surface area contributed by atoms with Crippen LogP contribution in [0.3, 0.4) is 0 Å². The number of nitrogens with zero attached hydrogens (tertiary/aromatic N) is 1. The largest absolute Gasteiger partial charge is 0.484 e. The molecular formula is C22H27ClN2O3. The van der Waals surface area contributed by atoms with Crippen molar-refractivity contribution in [3.8, 4) is 5.75 Å². The highest BCUT2D eigenvalue weighted by Gasteiger charge is 2.28. The van der Waals surface area contributed by atoms with Crippen molar-refractivity contribution in [3.63, 3.8) is 0 Å². The van der Waals surface area contributed by atoms with E-state index in [1.165, 1.54) is 0 Å². The minimum Gasteiger partial charge on any atom is -0.484 e. The average molecular weight is 403 g/mol. The molecule has 5 nitrogen and oxygen atoms in total. The average Bonchev–Trinajstić information content (AvgIpc) is 2.70. The number of hydrogen-bond donors (Lipinski definition) is 1. The molecule has 28 heavy (non-hydrogen) atoms. The van der Waals surface area contributed by atoms with Crippen molar-refractivity contribution < 1.29 is 14.3 Å². The summed E-state index contributed by atoms with van der Waals surface area (Å²) in [6, 6.07) is 16.3. The quantitative estimate of drug-likeness (QED) is 0.659. The van der Waals surface area contributed by atoms with Crippen LogP contribution in [-0.2, 0) is 16.0 Å². The van der Waals surface area contributed by atoms with Crippen molar-refractivity contribution in [2.24, 2.45) is 0 Å². The van der Waals surface area contributed by atoms with E-state index in [2.05, 4.69) is 5.32 Å². The number of nitrogens with one attached hydrogen (secondary N) is 1. The molecule has 0 bridgehead atoms. The van der Waals surface area contributed by atoms with Crippen LogP contribution in [0.15, 0.2) is 54.6 Å². The van der Waals surface area contributed by atoms with Gasteiger partial charge in [0.2, 0.25) is 5.91 Å². The van der Waals surface area contributed by atoms with Crippen LogP contribution >= 0.6 is 11.6 Å². The Morgan fingerprint density at radius 2 is 1.86 bits per heavy atom. The molecule has 2 amide bonds. The molecule has 6 heteroatoms. The van der Waals surface area contributed by atoms with Crippen LogP contribution in [0.2, 0.25) is 5.02 Å². The molecule has 0 radical (unpaired) electrons. The third kappa shape index (κ3) is 6.57. The molecule has 2 aromatic rings. The molecule has 0 spiro atoms. The Balaban J connectivity index is 2.10. The van der Waals surface area contributed by atoms with Crippen molar-refractivity contribution in [1.82, 2.24) is 10.2 Å². The molecule has 0 saturated heterocycles. The van der Waals surface area contributed by atoms with Crippen LogP contribution in [0.1, 0.15) is 25.8 Å². The fourth-order valence-corrected chi connectivity index (χ4v) is 3.15. The lowest BCUT2D eigenvalue weighted by atomic mass is 10.1. The molecule has 0 heterocycles. The number of likely N-dealkylation sites (N-methyl/N-ethyl adjacent to an activating group) is 1. The van der Waals surface area contributed by atoms with Crippen LogP contribution in [0, 0.1) is 0 Å². The minimum atomic E-state index is -0.529. The topological polar surface area (TPSA) is 58.6 Å². The predicted octanol–water partition coefficient (Wildman–Crippen LogP) is 3.70. The van der Waals surface area contributed by atoms with E-state index >= 15 is 0 Å². The first-order valence-electron chi connectivity index (χ1n) is 9.54. The van der Waals surface area contributed by atoms with E-state index in [4.69, 9.17) is 16.3 Å². The van der Waals surface area contributed by atoms with Gasteiger partial charge in [0.25, 0.3) is 5.91 Å². The molecule has 2 rings (SSSR count). The number of rotatable bonds is 10. The van der Waals surface area contributed by atoms with E-state index in [1.54, 1.807) is 29.2 Å². The Morgan fingerprint density at radius 1 is 1.11 bits per heavy atom. The van der Waals surface area contributed by atoms with Crippen molar-refractivity contribution >= 4 is 23.4 Å². The Labute approximate surface area is 171 Å². The van der Waals surface area contributed by atoms with Crippen molar-refractivity contribution in [3.05, 3.63) is 65.2 Å². The first kappa shape index (κ1) is 21.8. The van der Waals surface area contributed by atoms with E-state index in [0.29, 0.717) is 36.7 Å². The SMILES string of the molecule is CCNC(=O)[C@H](CC)N(CCc1ccccc1)C(=O)COc1cccc(Cl)c1. The zero-order valence-corrected chi connectivity index (χ0v) is 17.1. The first-order chi connectivity index (χ1) is 13.5. The fraction of sp³-hybridized carbons (Fsp3) is 0.364. The van der Waals surface area contributed by atoms with Crippen molar-refractivity contribution in [2.75, 3.05) is 19.7 Å². The minimum absolute atomic E-state index is 0.144. The number of amides is 2. The van der Waals surface area contributed by atoms with Gasteiger partial charge in [-0.15, -0.1) is 0 Å². The lowest BCUT2D eigenvalue weighted by Crippen LogP contribution is -2.51. The number of halogens is 1. The molecule has 0 fully saturated rings. The smallest absolute Gasteiger partial charge is 0.261 e. The van der Waals surface area contributed by atoms with Crippen LogP contribution in [0.25, 0.3) is 0 Å². The molecule has 0 aromatic heterocycles. The maximum Gasteiger partial charge on any atom is 0.261 e. The van der Waals surface area contributed by atoms with E-state index in [0.717, 1.165) is 5.56 Å². The summed E-state index contributed by atoms with van der Waals surface area (Å²) in [6.07, 6.45) is 1.20. The standard InChI is InChI=1S/C22H27ClN2O3/c1-3-20(22(27)24-4-2)25(14-13-17-9-6-5-7-10-17)21(26)16-28-19-12-8-11-18(23)15-19/h5-12,15,20H,3-4,13-14,16H2,1-2H3,(H,24,27)/t20-/m0/s1. The molecule has 1 atom stereocenters. The third-order valence-electron chi connectivity index (χ3n) is 4.38. The Bertz CT molecular complexity index is 767. The summed E-state index contributed by atoms with van der Waals surface area (Å²) in [5.41, 5.74) is 1.11. The van der Waals surface area contributed by atoms with Gasteiger partial charge in [-0.25, -0.2) is 0 Å². The first-order valence-corrected chi connectivity index (χ1v) is 9.92. The molecule has 1 N–H and O–H groups in total. The van der Waals surface area contributed by atoms with E-state index in [1.807, 2.05) is 44.2 Å². The van der Waals surface area contributed by atoms with Crippen molar-refractivity contribution in [1.29, 1.82) is 0 Å². The summed E-state index contributed by atoms with van der Waals surface area (Å²) < 4.78 is 5.61. The molecule has 2 aromatic carbocycles. The summed E-state index contributed by atoms with van der Waals surface area (Å²) in [5, 5.41) is 3.36. The Hall–Kier alpha value is -2.53. The lowest BCUT2D eigenvalue weighted by molar-refractivity contribution is -0.142. The summed E-state index contributed by atoms with van der Waals surface area (Å²) >= 11 is 5.96. The summed E-state index contributed by atoms with van der Waals surface area (Å²) in [5.74, 6) is 0.151. The van der Waals surface area contributed by atoms with Crippen LogP contribution in [0.4, 0.5) is 0 Å². The summed E-state index contributed by atoms with van der Waals surface area (Å²) in [4.78, 5) is 27.0. The van der Waals surface area contributed by atoms with Gasteiger partial charge in [0.1, 0.15) is 11.8 Å². The van der Waals surface area contributed by atoms with Gasteiger partial charge in [-0.05, 0) is 43.5 Å². The maximum atomic E-state index is 12.9. The van der Waals surface area contributed by atoms with Gasteiger partial charge in [-0.2, -0.15) is 0 Å². The lowest BCUT2D eigenvalue weighted by Gasteiger charge is -2.30. The summed E-state index contributed by atoms with van der Waals surface area (Å²) in [6.45, 7) is 4.58. The normalized spacial score (nSPS) is 11.5. The predicted molar refractivity (Wildman–Crippen MR) is 112 cm³/mol. The molecule has 0 unspecified atom stereocenters. The maximum absolute atomic E-state index is 12.9. The van der Waals surface area contributed by atoms with Crippen LogP contribution < -0.4 is 10.1 Å². The number of hydrogen-bond acceptors (Lipinski definition) is 3. The molecule has 0 aliphatic carbocycles. The highest BCUT2D eigenvalue weighted by Crippen LogP contribution is 2.17. The second kappa shape index (κ2) is 11.3. The van der Waals surface area contributed by atoms with Crippen LogP contribution in [0.5, 0.6) is 5.75 Å². The van der Waals surface area contributed by atoms with Gasteiger partial charge in [0.05, 0.1) is 0 Å². The summed E-state index contributed by atoms with van der Waals surface area (Å²) in [7, 11) is 0. The number of carbonyl (C=O) groups is 2. The Kier molecular flexibility index (Phi) is 8.82. The molecule has 150 valence electrons. The van der Waals surface area contributed by atoms with Gasteiger partial charge in [0, 0.05) is 18.1 Å². The van der Waals surface area contributed by atoms with Crippen molar-refractivity contribution in [2.45, 2.75) is 32.7 Å². The second-order valence-electron chi connectivity index (χ2n) is 6.39. The van der Waals surface area contributed by atoms with Crippen LogP contribution in [-0.4, -0.2) is 42.5 Å². The van der Waals surface area contributed by atoms with Gasteiger partial charge in [0.15, 0.2) is 6.61 Å². The van der Waals surface area contributed by atoms with Gasteiger partial charge in [-0.3, -0.25) is 9.59 Å². The monoisotopic (exact) mass is 402 g/mol. The highest BCUT2D eigenvalue weighted by molar-refractivity contribution is 6.30. The van der Waals surface area contributed by atoms with Gasteiger partial charge >= 0.3 is 0 Å². The third-order valence-corrected chi connectivity index (χ3v) is 4.61. The zero-order valence-electron chi connectivity index (χ0n) is 16.4. The number of ether oxygens (including phenoxy) is 1. The fourth-order valence-electron chi connectivity index (χ4n) is 2.97. The van der Waals surface area contributed by atoms with Gasteiger partial charge in [-0.1, -0.05) is 54.9 Å².